The summed E-state index contributed by atoms with van der Waals surface area (Å²) in [6.45, 7) is 2.07. The van der Waals surface area contributed by atoms with Crippen LogP contribution in [0.4, 0.5) is 10.1 Å². The highest BCUT2D eigenvalue weighted by Crippen LogP contribution is 2.32. The maximum absolute atomic E-state index is 13.2. The standard InChI is InChI=1S/C16H16FNO2S/c1-12-11-14(17)8-9-16(12)21(19,20)18-10-4-6-13-5-2-3-7-15(13)18/h2-3,5,7-9,11H,4,6,10H2,1H3. The molecule has 2 aromatic carbocycles. The number of para-hydroxylation sites is 1. The average Bonchev–Trinajstić information content (AvgIpc) is 2.46. The van der Waals surface area contributed by atoms with Gasteiger partial charge in [-0.25, -0.2) is 12.8 Å². The number of hydrogen-bond donors (Lipinski definition) is 0. The van der Waals surface area contributed by atoms with Crippen LogP contribution >= 0.6 is 0 Å². The molecule has 0 fully saturated rings. The van der Waals surface area contributed by atoms with Gasteiger partial charge in [0.25, 0.3) is 10.0 Å². The van der Waals surface area contributed by atoms with Crippen molar-refractivity contribution >= 4 is 15.7 Å². The molecule has 3 nitrogen and oxygen atoms in total. The highest BCUT2D eigenvalue weighted by atomic mass is 32.2. The van der Waals surface area contributed by atoms with Crippen molar-refractivity contribution in [3.05, 3.63) is 59.4 Å². The topological polar surface area (TPSA) is 37.4 Å². The molecule has 5 heteroatoms. The van der Waals surface area contributed by atoms with Gasteiger partial charge in [0.1, 0.15) is 5.82 Å². The third-order valence-corrected chi connectivity index (χ3v) is 5.75. The number of sulfonamides is 1. The first-order valence-electron chi connectivity index (χ1n) is 6.87. The predicted molar refractivity (Wildman–Crippen MR) is 80.4 cm³/mol. The second-order valence-corrected chi connectivity index (χ2v) is 7.05. The fourth-order valence-corrected chi connectivity index (χ4v) is 4.52. The number of halogens is 1. The van der Waals surface area contributed by atoms with Crippen LogP contribution in [0.2, 0.25) is 0 Å². The van der Waals surface area contributed by atoms with Crippen molar-refractivity contribution in [3.8, 4) is 0 Å². The second-order valence-electron chi connectivity index (χ2n) is 5.22. The Labute approximate surface area is 124 Å². The number of anilines is 1. The normalized spacial score (nSPS) is 14.9. The molecule has 0 N–H and O–H groups in total. The smallest absolute Gasteiger partial charge is 0.264 e. The Hall–Kier alpha value is -1.88. The third-order valence-electron chi connectivity index (χ3n) is 3.77. The van der Waals surface area contributed by atoms with Gasteiger partial charge in [0.2, 0.25) is 0 Å². The summed E-state index contributed by atoms with van der Waals surface area (Å²) in [5.41, 5.74) is 2.19. The Morgan fingerprint density at radius 3 is 2.67 bits per heavy atom. The van der Waals surface area contributed by atoms with Gasteiger partial charge in [-0.2, -0.15) is 0 Å². The van der Waals surface area contributed by atoms with Crippen LogP contribution in [0.25, 0.3) is 0 Å². The minimum atomic E-state index is -3.66. The molecule has 0 bridgehead atoms. The molecular weight excluding hydrogens is 289 g/mol. The largest absolute Gasteiger partial charge is 0.266 e. The van der Waals surface area contributed by atoms with Crippen LogP contribution in [0.5, 0.6) is 0 Å². The number of benzene rings is 2. The highest BCUT2D eigenvalue weighted by Gasteiger charge is 2.29. The lowest BCUT2D eigenvalue weighted by Crippen LogP contribution is -2.35. The zero-order chi connectivity index (χ0) is 15.0. The van der Waals surface area contributed by atoms with Crippen molar-refractivity contribution in [1.82, 2.24) is 0 Å². The summed E-state index contributed by atoms with van der Waals surface area (Å²) in [5, 5.41) is 0. The fourth-order valence-electron chi connectivity index (χ4n) is 2.77. The molecule has 0 radical (unpaired) electrons. The molecule has 3 rings (SSSR count). The van der Waals surface area contributed by atoms with Crippen molar-refractivity contribution in [1.29, 1.82) is 0 Å². The van der Waals surface area contributed by atoms with Crippen LogP contribution < -0.4 is 4.31 Å². The van der Waals surface area contributed by atoms with Crippen molar-refractivity contribution in [2.24, 2.45) is 0 Å². The average molecular weight is 305 g/mol. The Balaban J connectivity index is 2.12. The number of hydrogen-bond acceptors (Lipinski definition) is 2. The van der Waals surface area contributed by atoms with E-state index in [1.54, 1.807) is 6.92 Å². The fraction of sp³-hybridized carbons (Fsp3) is 0.250. The number of aryl methyl sites for hydroxylation is 2. The molecule has 0 aliphatic carbocycles. The molecule has 21 heavy (non-hydrogen) atoms. The first-order chi connectivity index (χ1) is 10.00. The quantitative estimate of drug-likeness (QED) is 0.854. The Morgan fingerprint density at radius 1 is 1.14 bits per heavy atom. The number of fused-ring (bicyclic) bond motifs is 1. The van der Waals surface area contributed by atoms with Crippen molar-refractivity contribution in [2.75, 3.05) is 10.8 Å². The van der Waals surface area contributed by atoms with Gasteiger partial charge in [0.05, 0.1) is 10.6 Å². The first-order valence-corrected chi connectivity index (χ1v) is 8.31. The third kappa shape index (κ3) is 2.42. The molecule has 0 amide bonds. The van der Waals surface area contributed by atoms with Gasteiger partial charge in [-0.15, -0.1) is 0 Å². The van der Waals surface area contributed by atoms with Gasteiger partial charge < -0.3 is 0 Å². The SMILES string of the molecule is Cc1cc(F)ccc1S(=O)(=O)N1CCCc2ccccc21. The van der Waals surface area contributed by atoms with Gasteiger partial charge in [-0.1, -0.05) is 18.2 Å². The molecule has 0 aromatic heterocycles. The second kappa shape index (κ2) is 5.15. The number of nitrogens with zero attached hydrogens (tertiary/aromatic N) is 1. The van der Waals surface area contributed by atoms with Crippen LogP contribution in [-0.4, -0.2) is 15.0 Å². The zero-order valence-electron chi connectivity index (χ0n) is 11.7. The van der Waals surface area contributed by atoms with E-state index in [1.807, 2.05) is 24.3 Å². The van der Waals surface area contributed by atoms with E-state index in [0.29, 0.717) is 12.1 Å². The molecule has 1 heterocycles. The summed E-state index contributed by atoms with van der Waals surface area (Å²) in [6, 6.07) is 11.3. The highest BCUT2D eigenvalue weighted by molar-refractivity contribution is 7.92. The van der Waals surface area contributed by atoms with E-state index in [0.717, 1.165) is 24.1 Å². The Morgan fingerprint density at radius 2 is 1.90 bits per heavy atom. The van der Waals surface area contributed by atoms with E-state index in [-0.39, 0.29) is 4.90 Å². The number of rotatable bonds is 2. The van der Waals surface area contributed by atoms with Crippen LogP contribution in [0.15, 0.2) is 47.4 Å². The summed E-state index contributed by atoms with van der Waals surface area (Å²) in [6.07, 6.45) is 1.67. The molecular formula is C16H16FNO2S. The van der Waals surface area contributed by atoms with Crippen molar-refractivity contribution < 1.29 is 12.8 Å². The van der Waals surface area contributed by atoms with E-state index < -0.39 is 15.8 Å². The lowest BCUT2D eigenvalue weighted by molar-refractivity contribution is 0.584. The van der Waals surface area contributed by atoms with Gasteiger partial charge in [-0.05, 0) is 55.2 Å². The summed E-state index contributed by atoms with van der Waals surface area (Å²) >= 11 is 0. The van der Waals surface area contributed by atoms with E-state index in [9.17, 15) is 12.8 Å². The Bertz CT molecular complexity index is 787. The molecule has 0 spiro atoms. The van der Waals surface area contributed by atoms with Gasteiger partial charge in [-0.3, -0.25) is 4.31 Å². The first kappa shape index (κ1) is 14.1. The minimum Gasteiger partial charge on any atom is -0.266 e. The van der Waals surface area contributed by atoms with E-state index in [1.165, 1.54) is 22.5 Å². The van der Waals surface area contributed by atoms with E-state index in [2.05, 4.69) is 0 Å². The van der Waals surface area contributed by atoms with Crippen molar-refractivity contribution in [3.63, 3.8) is 0 Å². The molecule has 110 valence electrons. The summed E-state index contributed by atoms with van der Waals surface area (Å²) < 4.78 is 40.4. The minimum absolute atomic E-state index is 0.167. The molecule has 1 aliphatic rings. The van der Waals surface area contributed by atoms with Crippen LogP contribution in [-0.2, 0) is 16.4 Å². The van der Waals surface area contributed by atoms with E-state index >= 15 is 0 Å². The summed E-state index contributed by atoms with van der Waals surface area (Å²) in [4.78, 5) is 0.167. The molecule has 0 atom stereocenters. The van der Waals surface area contributed by atoms with Gasteiger partial charge in [0.15, 0.2) is 0 Å². The van der Waals surface area contributed by atoms with Gasteiger partial charge in [0, 0.05) is 6.54 Å². The molecule has 0 unspecified atom stereocenters. The lowest BCUT2D eigenvalue weighted by atomic mass is 10.0. The van der Waals surface area contributed by atoms with Gasteiger partial charge >= 0.3 is 0 Å². The molecule has 0 saturated heterocycles. The van der Waals surface area contributed by atoms with Crippen LogP contribution in [0.1, 0.15) is 17.5 Å². The molecule has 0 saturated carbocycles. The van der Waals surface area contributed by atoms with Crippen LogP contribution in [0.3, 0.4) is 0 Å². The molecule has 1 aliphatic heterocycles. The Kier molecular flexibility index (Phi) is 3.45. The summed E-state index contributed by atoms with van der Waals surface area (Å²) in [5.74, 6) is -0.425. The zero-order valence-corrected chi connectivity index (χ0v) is 12.5. The maximum atomic E-state index is 13.2. The lowest BCUT2D eigenvalue weighted by Gasteiger charge is -2.30. The van der Waals surface area contributed by atoms with Crippen LogP contribution in [0, 0.1) is 12.7 Å². The maximum Gasteiger partial charge on any atom is 0.264 e. The monoisotopic (exact) mass is 305 g/mol. The van der Waals surface area contributed by atoms with Crippen molar-refractivity contribution in [2.45, 2.75) is 24.7 Å². The summed E-state index contributed by atoms with van der Waals surface area (Å²) in [7, 11) is -3.66. The van der Waals surface area contributed by atoms with E-state index in [4.69, 9.17) is 0 Å². The molecule has 2 aromatic rings. The predicted octanol–water partition coefficient (Wildman–Crippen LogP) is 3.28.